The Labute approximate surface area is 151 Å². The predicted octanol–water partition coefficient (Wildman–Crippen LogP) is 3.35. The molecular formula is C21H20N4O. The molecule has 0 radical (unpaired) electrons. The Morgan fingerprint density at radius 3 is 2.65 bits per heavy atom. The highest BCUT2D eigenvalue weighted by atomic mass is 16.1. The zero-order chi connectivity index (χ0) is 17.9. The van der Waals surface area contributed by atoms with E-state index in [1.54, 1.807) is 0 Å². The summed E-state index contributed by atoms with van der Waals surface area (Å²) in [6.45, 7) is 1.30. The van der Waals surface area contributed by atoms with Crippen molar-refractivity contribution in [2.24, 2.45) is 0 Å². The van der Waals surface area contributed by atoms with Crippen LogP contribution >= 0.6 is 0 Å². The van der Waals surface area contributed by atoms with Gasteiger partial charge in [0, 0.05) is 35.9 Å². The summed E-state index contributed by atoms with van der Waals surface area (Å²) in [5.41, 5.74) is 3.74. The van der Waals surface area contributed by atoms with Gasteiger partial charge < -0.3 is 4.98 Å². The molecule has 1 N–H and O–H groups in total. The van der Waals surface area contributed by atoms with Crippen LogP contribution in [0.15, 0.2) is 77.9 Å². The van der Waals surface area contributed by atoms with Gasteiger partial charge in [-0.1, -0.05) is 36.4 Å². The summed E-state index contributed by atoms with van der Waals surface area (Å²) in [6, 6.07) is 19.8. The number of pyridine rings is 1. The van der Waals surface area contributed by atoms with Crippen molar-refractivity contribution < 1.29 is 0 Å². The van der Waals surface area contributed by atoms with Gasteiger partial charge in [-0.25, -0.2) is 4.68 Å². The van der Waals surface area contributed by atoms with E-state index in [0.717, 1.165) is 34.3 Å². The van der Waals surface area contributed by atoms with E-state index in [9.17, 15) is 4.79 Å². The fourth-order valence-corrected chi connectivity index (χ4v) is 3.13. The molecule has 4 rings (SSSR count). The average Bonchev–Trinajstić information content (AvgIpc) is 3.11. The first-order chi connectivity index (χ1) is 12.7. The Kier molecular flexibility index (Phi) is 4.37. The Balaban J connectivity index is 1.49. The monoisotopic (exact) mass is 344 g/mol. The number of nitrogens with zero attached hydrogens (tertiary/aromatic N) is 3. The van der Waals surface area contributed by atoms with Crippen molar-refractivity contribution in [3.8, 4) is 5.69 Å². The number of fused-ring (bicyclic) bond motifs is 1. The maximum atomic E-state index is 12.3. The minimum absolute atomic E-state index is 0.0319. The zero-order valence-electron chi connectivity index (χ0n) is 14.6. The molecule has 0 spiro atoms. The third kappa shape index (κ3) is 3.43. The second-order valence-electron chi connectivity index (χ2n) is 6.51. The number of hydrogen-bond acceptors (Lipinski definition) is 3. The molecule has 0 amide bonds. The van der Waals surface area contributed by atoms with Crippen molar-refractivity contribution in [3.05, 3.63) is 94.5 Å². The summed E-state index contributed by atoms with van der Waals surface area (Å²) >= 11 is 0. The fraction of sp³-hybridized carbons (Fsp3) is 0.143. The molecule has 130 valence electrons. The molecule has 26 heavy (non-hydrogen) atoms. The van der Waals surface area contributed by atoms with Crippen LogP contribution in [0.2, 0.25) is 0 Å². The van der Waals surface area contributed by atoms with Crippen LogP contribution < -0.4 is 5.56 Å². The number of aromatic nitrogens is 3. The van der Waals surface area contributed by atoms with Gasteiger partial charge in [0.25, 0.3) is 5.56 Å². The van der Waals surface area contributed by atoms with Gasteiger partial charge in [0.1, 0.15) is 0 Å². The lowest BCUT2D eigenvalue weighted by Crippen LogP contribution is -2.23. The summed E-state index contributed by atoms with van der Waals surface area (Å²) in [7, 11) is 2.01. The lowest BCUT2D eigenvalue weighted by molar-refractivity contribution is 0.318. The molecule has 0 aliphatic carbocycles. The molecule has 0 bridgehead atoms. The molecule has 0 atom stereocenters. The van der Waals surface area contributed by atoms with Gasteiger partial charge in [-0.15, -0.1) is 0 Å². The van der Waals surface area contributed by atoms with Crippen molar-refractivity contribution in [2.45, 2.75) is 13.1 Å². The van der Waals surface area contributed by atoms with Crippen LogP contribution in [-0.2, 0) is 13.1 Å². The van der Waals surface area contributed by atoms with E-state index in [1.165, 1.54) is 0 Å². The van der Waals surface area contributed by atoms with E-state index in [0.29, 0.717) is 6.54 Å². The second-order valence-corrected chi connectivity index (χ2v) is 6.51. The summed E-state index contributed by atoms with van der Waals surface area (Å²) < 4.78 is 1.87. The van der Waals surface area contributed by atoms with Gasteiger partial charge in [-0.3, -0.25) is 9.69 Å². The first-order valence-corrected chi connectivity index (χ1v) is 8.57. The largest absolute Gasteiger partial charge is 0.322 e. The minimum atomic E-state index is -0.0319. The number of hydrogen-bond donors (Lipinski definition) is 1. The number of benzene rings is 2. The summed E-state index contributed by atoms with van der Waals surface area (Å²) in [5, 5.41) is 5.48. The quantitative estimate of drug-likeness (QED) is 0.604. The summed E-state index contributed by atoms with van der Waals surface area (Å²) in [5.74, 6) is 0. The summed E-state index contributed by atoms with van der Waals surface area (Å²) in [4.78, 5) is 17.4. The van der Waals surface area contributed by atoms with E-state index in [1.807, 2.05) is 84.8 Å². The van der Waals surface area contributed by atoms with E-state index < -0.39 is 0 Å². The standard InChI is InChI=1S/C21H20N4O/c1-24(13-16-12-22-25(14-16)19-8-3-2-4-9-19)15-18-11-17-7-5-6-10-20(17)23-21(18)26/h2-12,14H,13,15H2,1H3,(H,23,26). The predicted molar refractivity (Wildman–Crippen MR) is 103 cm³/mol. The molecule has 5 nitrogen and oxygen atoms in total. The Hall–Kier alpha value is -3.18. The van der Waals surface area contributed by atoms with Crippen LogP contribution in [0.3, 0.4) is 0 Å². The van der Waals surface area contributed by atoms with Crippen LogP contribution in [0, 0.1) is 0 Å². The van der Waals surface area contributed by atoms with Crippen LogP contribution in [0.4, 0.5) is 0 Å². The van der Waals surface area contributed by atoms with E-state index in [-0.39, 0.29) is 5.56 Å². The second kappa shape index (κ2) is 6.98. The average molecular weight is 344 g/mol. The van der Waals surface area contributed by atoms with Crippen molar-refractivity contribution in [3.63, 3.8) is 0 Å². The third-order valence-corrected chi connectivity index (χ3v) is 4.38. The lowest BCUT2D eigenvalue weighted by Gasteiger charge is -2.15. The maximum Gasteiger partial charge on any atom is 0.252 e. The molecule has 5 heteroatoms. The van der Waals surface area contributed by atoms with Gasteiger partial charge >= 0.3 is 0 Å². The molecule has 2 heterocycles. The smallest absolute Gasteiger partial charge is 0.252 e. The molecule has 2 aromatic carbocycles. The molecular weight excluding hydrogens is 324 g/mol. The highest BCUT2D eigenvalue weighted by Crippen LogP contribution is 2.13. The van der Waals surface area contributed by atoms with E-state index >= 15 is 0 Å². The van der Waals surface area contributed by atoms with Crippen molar-refractivity contribution in [1.29, 1.82) is 0 Å². The van der Waals surface area contributed by atoms with Gasteiger partial charge in [-0.2, -0.15) is 5.10 Å². The van der Waals surface area contributed by atoms with Crippen LogP contribution in [0.1, 0.15) is 11.1 Å². The number of aromatic amines is 1. The van der Waals surface area contributed by atoms with Crippen LogP contribution in [0.5, 0.6) is 0 Å². The SMILES string of the molecule is CN(Cc1cnn(-c2ccccc2)c1)Cc1cc2ccccc2[nH]c1=O. The molecule has 0 fully saturated rings. The van der Waals surface area contributed by atoms with Gasteiger partial charge in [0.15, 0.2) is 0 Å². The number of rotatable bonds is 5. The number of para-hydroxylation sites is 2. The Bertz CT molecular complexity index is 1080. The van der Waals surface area contributed by atoms with Crippen molar-refractivity contribution >= 4 is 10.9 Å². The molecule has 0 aliphatic rings. The molecule has 4 aromatic rings. The topological polar surface area (TPSA) is 53.9 Å². The first kappa shape index (κ1) is 16.3. The van der Waals surface area contributed by atoms with Crippen molar-refractivity contribution in [1.82, 2.24) is 19.7 Å². The van der Waals surface area contributed by atoms with E-state index in [2.05, 4.69) is 15.0 Å². The van der Waals surface area contributed by atoms with Gasteiger partial charge in [0.05, 0.1) is 11.9 Å². The minimum Gasteiger partial charge on any atom is -0.322 e. The molecule has 0 saturated heterocycles. The number of nitrogens with one attached hydrogen (secondary N) is 1. The van der Waals surface area contributed by atoms with Gasteiger partial charge in [0.2, 0.25) is 0 Å². The van der Waals surface area contributed by atoms with Gasteiger partial charge in [-0.05, 0) is 36.7 Å². The highest BCUT2D eigenvalue weighted by molar-refractivity contribution is 5.78. The lowest BCUT2D eigenvalue weighted by atomic mass is 10.1. The normalized spacial score (nSPS) is 11.3. The maximum absolute atomic E-state index is 12.3. The zero-order valence-corrected chi connectivity index (χ0v) is 14.6. The number of H-pyrrole nitrogens is 1. The van der Waals surface area contributed by atoms with Crippen LogP contribution in [0.25, 0.3) is 16.6 Å². The molecule has 0 saturated carbocycles. The highest BCUT2D eigenvalue weighted by Gasteiger charge is 2.09. The van der Waals surface area contributed by atoms with E-state index in [4.69, 9.17) is 0 Å². The molecule has 0 aliphatic heterocycles. The Morgan fingerprint density at radius 1 is 1.04 bits per heavy atom. The van der Waals surface area contributed by atoms with Crippen LogP contribution in [-0.4, -0.2) is 26.7 Å². The molecule has 0 unspecified atom stereocenters. The van der Waals surface area contributed by atoms with Crippen molar-refractivity contribution in [2.75, 3.05) is 7.05 Å². The fourth-order valence-electron chi connectivity index (χ4n) is 3.13. The Morgan fingerprint density at radius 2 is 1.81 bits per heavy atom. The first-order valence-electron chi connectivity index (χ1n) is 8.57. The summed E-state index contributed by atoms with van der Waals surface area (Å²) in [6.07, 6.45) is 3.89. The molecule has 2 aromatic heterocycles. The third-order valence-electron chi connectivity index (χ3n) is 4.38.